The van der Waals surface area contributed by atoms with Gasteiger partial charge in [-0.1, -0.05) is 63.9 Å². The fourth-order valence-corrected chi connectivity index (χ4v) is 6.66. The van der Waals surface area contributed by atoms with Gasteiger partial charge in [0.05, 0.1) is 23.8 Å². The first-order valence-electron chi connectivity index (χ1n) is 15.7. The fourth-order valence-electron chi connectivity index (χ4n) is 6.66. The normalized spacial score (nSPS) is 23.4. The largest absolute Gasteiger partial charge is 0.353 e. The number of hydrogen-bond acceptors (Lipinski definition) is 4. The third-order valence-electron chi connectivity index (χ3n) is 8.80. The summed E-state index contributed by atoms with van der Waals surface area (Å²) >= 11 is 0. The standard InChI is InChI=1S/C33H42F2N6O/c34-26-18-25(19-27(35)20-26)30-21-31(40-41(30)29-15-6-4-2-1-3-5-7-16-29)38-33(37-28-13-8-9-14-28)39-32(42)24-12-10-11-23(17-24)22-36/h10-12,17-20,28-31,40H,1-9,13-16,21H2,(H2,37,38,39,42). The van der Waals surface area contributed by atoms with E-state index in [2.05, 4.69) is 32.1 Å². The van der Waals surface area contributed by atoms with E-state index in [1.807, 2.05) is 0 Å². The lowest BCUT2D eigenvalue weighted by atomic mass is 9.95. The van der Waals surface area contributed by atoms with Crippen LogP contribution in [0.2, 0.25) is 0 Å². The van der Waals surface area contributed by atoms with Gasteiger partial charge in [-0.2, -0.15) is 10.3 Å². The number of halogens is 2. The second-order valence-corrected chi connectivity index (χ2v) is 12.0. The van der Waals surface area contributed by atoms with Crippen LogP contribution < -0.4 is 16.1 Å². The van der Waals surface area contributed by atoms with Gasteiger partial charge in [-0.3, -0.25) is 4.79 Å². The van der Waals surface area contributed by atoms with Crippen molar-refractivity contribution in [1.29, 1.82) is 5.26 Å². The van der Waals surface area contributed by atoms with E-state index >= 15 is 0 Å². The Labute approximate surface area is 247 Å². The summed E-state index contributed by atoms with van der Waals surface area (Å²) in [5, 5.41) is 18.4. The molecule has 42 heavy (non-hydrogen) atoms. The lowest BCUT2D eigenvalue weighted by molar-refractivity contribution is 0.0932. The van der Waals surface area contributed by atoms with E-state index in [0.29, 0.717) is 29.1 Å². The van der Waals surface area contributed by atoms with Gasteiger partial charge in [-0.25, -0.2) is 19.2 Å². The Morgan fingerprint density at radius 3 is 2.19 bits per heavy atom. The van der Waals surface area contributed by atoms with Gasteiger partial charge in [0.15, 0.2) is 0 Å². The Hall–Kier alpha value is -3.35. The molecule has 1 aliphatic heterocycles. The number of aliphatic imine (C=N–C) groups is 1. The highest BCUT2D eigenvalue weighted by Gasteiger charge is 2.38. The van der Waals surface area contributed by atoms with Gasteiger partial charge >= 0.3 is 0 Å². The highest BCUT2D eigenvalue weighted by molar-refractivity contribution is 6.03. The zero-order valence-corrected chi connectivity index (χ0v) is 24.3. The summed E-state index contributed by atoms with van der Waals surface area (Å²) in [5.74, 6) is -1.22. The summed E-state index contributed by atoms with van der Waals surface area (Å²) < 4.78 is 28.8. The Bertz CT molecular complexity index is 1260. The molecule has 2 saturated carbocycles. The van der Waals surface area contributed by atoms with E-state index in [1.165, 1.54) is 44.2 Å². The van der Waals surface area contributed by atoms with Crippen LogP contribution in [0.25, 0.3) is 0 Å². The number of hydrogen-bond donors (Lipinski definition) is 3. The van der Waals surface area contributed by atoms with Crippen LogP contribution in [0.3, 0.4) is 0 Å². The van der Waals surface area contributed by atoms with Crippen LogP contribution in [0.4, 0.5) is 8.78 Å². The smallest absolute Gasteiger partial charge is 0.280 e. The van der Waals surface area contributed by atoms with Crippen LogP contribution >= 0.6 is 0 Å². The van der Waals surface area contributed by atoms with Gasteiger partial charge in [-0.15, -0.1) is 0 Å². The number of nitrogens with one attached hydrogen (secondary N) is 3. The van der Waals surface area contributed by atoms with Crippen LogP contribution in [-0.4, -0.2) is 35.1 Å². The van der Waals surface area contributed by atoms with Crippen LogP contribution in [0, 0.1) is 23.0 Å². The number of carbonyl (C=O) groups is 1. The molecule has 0 radical (unpaired) electrons. The second kappa shape index (κ2) is 14.7. The van der Waals surface area contributed by atoms with Crippen molar-refractivity contribution in [2.45, 2.75) is 114 Å². The fraction of sp³-hybridized carbons (Fsp3) is 0.545. The topological polar surface area (TPSA) is 92.5 Å². The highest BCUT2D eigenvalue weighted by atomic mass is 19.1. The second-order valence-electron chi connectivity index (χ2n) is 12.0. The molecule has 9 heteroatoms. The van der Waals surface area contributed by atoms with E-state index in [1.54, 1.807) is 24.3 Å². The molecule has 0 spiro atoms. The van der Waals surface area contributed by atoms with Gasteiger partial charge < -0.3 is 10.6 Å². The van der Waals surface area contributed by atoms with Crippen molar-refractivity contribution in [3.63, 3.8) is 0 Å². The quantitative estimate of drug-likeness (QED) is 0.274. The minimum absolute atomic E-state index is 0.207. The zero-order valence-electron chi connectivity index (χ0n) is 24.3. The van der Waals surface area contributed by atoms with Crippen molar-refractivity contribution in [3.8, 4) is 6.07 Å². The Kier molecular flexibility index (Phi) is 10.5. The Morgan fingerprint density at radius 2 is 1.52 bits per heavy atom. The summed E-state index contributed by atoms with van der Waals surface area (Å²) in [6.07, 6.45) is 14.9. The van der Waals surface area contributed by atoms with E-state index < -0.39 is 17.5 Å². The lowest BCUT2D eigenvalue weighted by Gasteiger charge is -2.34. The third kappa shape index (κ3) is 8.14. The van der Waals surface area contributed by atoms with Crippen molar-refractivity contribution in [2.75, 3.05) is 0 Å². The zero-order chi connectivity index (χ0) is 29.3. The van der Waals surface area contributed by atoms with Crippen molar-refractivity contribution < 1.29 is 13.6 Å². The molecule has 1 heterocycles. The number of nitrogens with zero attached hydrogens (tertiary/aromatic N) is 3. The van der Waals surface area contributed by atoms with E-state index in [-0.39, 0.29) is 24.3 Å². The predicted molar refractivity (Wildman–Crippen MR) is 159 cm³/mol. The minimum atomic E-state index is -0.581. The number of guanidine groups is 1. The average Bonchev–Trinajstić information content (AvgIpc) is 3.65. The van der Waals surface area contributed by atoms with Crippen LogP contribution in [-0.2, 0) is 0 Å². The average molecular weight is 577 g/mol. The van der Waals surface area contributed by atoms with Crippen LogP contribution in [0.15, 0.2) is 47.5 Å². The highest BCUT2D eigenvalue weighted by Crippen LogP contribution is 2.35. The number of hydrazine groups is 1. The summed E-state index contributed by atoms with van der Waals surface area (Å²) in [5.41, 5.74) is 4.97. The van der Waals surface area contributed by atoms with Crippen LogP contribution in [0.5, 0.6) is 0 Å². The molecule has 224 valence electrons. The molecule has 2 aromatic rings. The molecule has 0 bridgehead atoms. The molecule has 0 aromatic heterocycles. The molecular formula is C33H42F2N6O. The van der Waals surface area contributed by atoms with Crippen molar-refractivity contribution >= 4 is 11.9 Å². The maximum Gasteiger partial charge on any atom is 0.280 e. The van der Waals surface area contributed by atoms with Gasteiger partial charge in [0, 0.05) is 30.1 Å². The summed E-state index contributed by atoms with van der Waals surface area (Å²) in [7, 11) is 0. The number of carbonyl (C=O) groups excluding carboxylic acids is 1. The summed E-state index contributed by atoms with van der Waals surface area (Å²) in [6, 6.07) is 12.6. The van der Waals surface area contributed by atoms with Crippen molar-refractivity contribution in [2.24, 2.45) is 4.99 Å². The van der Waals surface area contributed by atoms with E-state index in [4.69, 9.17) is 0 Å². The van der Waals surface area contributed by atoms with Crippen LogP contribution in [0.1, 0.15) is 117 Å². The maximum atomic E-state index is 14.4. The molecule has 1 amide bonds. The SMILES string of the molecule is N#Cc1cccc(C(=O)/N=C(/NC2CCCC2)NC2CC(c3cc(F)cc(F)c3)N(C3CCCCCCCCC3)N2)c1. The number of benzene rings is 2. The van der Waals surface area contributed by atoms with Gasteiger partial charge in [0.2, 0.25) is 5.96 Å². The molecular weight excluding hydrogens is 534 g/mol. The first-order chi connectivity index (χ1) is 20.5. The number of rotatable bonds is 5. The van der Waals surface area contributed by atoms with E-state index in [0.717, 1.165) is 57.4 Å². The molecule has 7 nitrogen and oxygen atoms in total. The minimum Gasteiger partial charge on any atom is -0.353 e. The molecule has 3 aliphatic rings. The Balaban J connectivity index is 1.40. The monoisotopic (exact) mass is 576 g/mol. The van der Waals surface area contributed by atoms with Gasteiger partial charge in [0.25, 0.3) is 5.91 Å². The molecule has 2 unspecified atom stereocenters. The molecule has 2 aromatic carbocycles. The summed E-state index contributed by atoms with van der Waals surface area (Å²) in [4.78, 5) is 17.6. The molecule has 1 saturated heterocycles. The molecule has 2 aliphatic carbocycles. The molecule has 5 rings (SSSR count). The number of amides is 1. The maximum absolute atomic E-state index is 14.4. The van der Waals surface area contributed by atoms with Gasteiger partial charge in [0.1, 0.15) is 11.6 Å². The number of nitriles is 1. The Morgan fingerprint density at radius 1 is 0.881 bits per heavy atom. The van der Waals surface area contributed by atoms with Crippen molar-refractivity contribution in [3.05, 3.63) is 70.8 Å². The van der Waals surface area contributed by atoms with Crippen molar-refractivity contribution in [1.82, 2.24) is 21.1 Å². The predicted octanol–water partition coefficient (Wildman–Crippen LogP) is 6.63. The van der Waals surface area contributed by atoms with Gasteiger partial charge in [-0.05, 0) is 61.6 Å². The molecule has 3 fully saturated rings. The molecule has 2 atom stereocenters. The first kappa shape index (κ1) is 30.1. The van der Waals surface area contributed by atoms with E-state index in [9.17, 15) is 18.8 Å². The summed E-state index contributed by atoms with van der Waals surface area (Å²) in [6.45, 7) is 0. The lowest BCUT2D eigenvalue weighted by Crippen LogP contribution is -2.53. The molecule has 3 N–H and O–H groups in total. The third-order valence-corrected chi connectivity index (χ3v) is 8.80. The first-order valence-corrected chi connectivity index (χ1v) is 15.7.